The Bertz CT molecular complexity index is 818. The number of para-hydroxylation sites is 1. The predicted octanol–water partition coefficient (Wildman–Crippen LogP) is 4.02. The quantitative estimate of drug-likeness (QED) is 0.683. The molecule has 0 fully saturated rings. The number of ether oxygens (including phenoxy) is 1. The molecule has 5 heteroatoms. The number of anilines is 2. The van der Waals surface area contributed by atoms with E-state index in [9.17, 15) is 0 Å². The maximum absolute atomic E-state index is 5.37. The summed E-state index contributed by atoms with van der Waals surface area (Å²) in [7, 11) is 1.68. The molecule has 2 aromatic carbocycles. The average molecular weight is 334 g/mol. The molecule has 1 heterocycles. The van der Waals surface area contributed by atoms with Gasteiger partial charge in [0.25, 0.3) is 0 Å². The first-order chi connectivity index (χ1) is 12.2. The lowest BCUT2D eigenvalue weighted by Crippen LogP contribution is -2.06. The molecule has 0 aliphatic rings. The molecule has 3 rings (SSSR count). The molecular weight excluding hydrogens is 312 g/mol. The van der Waals surface area contributed by atoms with Crippen molar-refractivity contribution in [2.24, 2.45) is 0 Å². The lowest BCUT2D eigenvalue weighted by atomic mass is 10.1. The minimum Gasteiger partial charge on any atom is -0.496 e. The molecule has 0 spiro atoms. The van der Waals surface area contributed by atoms with Crippen molar-refractivity contribution in [2.45, 2.75) is 20.0 Å². The molecule has 0 aliphatic heterocycles. The summed E-state index contributed by atoms with van der Waals surface area (Å²) >= 11 is 0. The summed E-state index contributed by atoms with van der Waals surface area (Å²) in [5, 5.41) is 6.64. The Kier molecular flexibility index (Phi) is 5.46. The summed E-state index contributed by atoms with van der Waals surface area (Å²) in [5.74, 6) is 2.42. The molecule has 0 aliphatic carbocycles. The van der Waals surface area contributed by atoms with Crippen LogP contribution in [0, 0.1) is 6.92 Å². The van der Waals surface area contributed by atoms with E-state index in [1.54, 1.807) is 13.4 Å². The zero-order valence-corrected chi connectivity index (χ0v) is 14.5. The minimum absolute atomic E-state index is 0.637. The first-order valence-corrected chi connectivity index (χ1v) is 8.22. The van der Waals surface area contributed by atoms with Crippen LogP contribution in [0.2, 0.25) is 0 Å². The molecule has 25 heavy (non-hydrogen) atoms. The molecule has 0 atom stereocenters. The van der Waals surface area contributed by atoms with Crippen molar-refractivity contribution >= 4 is 11.6 Å². The summed E-state index contributed by atoms with van der Waals surface area (Å²) in [4.78, 5) is 8.55. The van der Waals surface area contributed by atoms with Crippen LogP contribution in [0.15, 0.2) is 60.9 Å². The Labute approximate surface area is 148 Å². The van der Waals surface area contributed by atoms with E-state index >= 15 is 0 Å². The van der Waals surface area contributed by atoms with Gasteiger partial charge in [0.1, 0.15) is 23.7 Å². The predicted molar refractivity (Wildman–Crippen MR) is 101 cm³/mol. The Morgan fingerprint density at radius 2 is 1.56 bits per heavy atom. The van der Waals surface area contributed by atoms with Gasteiger partial charge in [-0.2, -0.15) is 0 Å². The number of aromatic nitrogens is 2. The number of methoxy groups -OCH3 is 1. The highest BCUT2D eigenvalue weighted by Crippen LogP contribution is 2.19. The molecule has 0 saturated carbocycles. The Morgan fingerprint density at radius 3 is 2.28 bits per heavy atom. The van der Waals surface area contributed by atoms with E-state index in [2.05, 4.69) is 51.8 Å². The zero-order chi connectivity index (χ0) is 17.5. The molecule has 2 N–H and O–H groups in total. The van der Waals surface area contributed by atoms with E-state index in [0.717, 1.165) is 29.5 Å². The molecule has 128 valence electrons. The number of hydrogen-bond acceptors (Lipinski definition) is 5. The van der Waals surface area contributed by atoms with Gasteiger partial charge in [-0.05, 0) is 18.6 Å². The van der Waals surface area contributed by atoms with Crippen molar-refractivity contribution in [3.05, 3.63) is 77.6 Å². The maximum atomic E-state index is 5.37. The van der Waals surface area contributed by atoms with Crippen LogP contribution in [0.1, 0.15) is 16.7 Å². The van der Waals surface area contributed by atoms with Gasteiger partial charge < -0.3 is 15.4 Å². The van der Waals surface area contributed by atoms with E-state index in [-0.39, 0.29) is 0 Å². The zero-order valence-electron chi connectivity index (χ0n) is 14.5. The van der Waals surface area contributed by atoms with Crippen LogP contribution in [0.5, 0.6) is 5.75 Å². The van der Waals surface area contributed by atoms with Crippen molar-refractivity contribution < 1.29 is 4.74 Å². The lowest BCUT2D eigenvalue weighted by molar-refractivity contribution is 0.410. The van der Waals surface area contributed by atoms with Gasteiger partial charge in [0.15, 0.2) is 0 Å². The Hall–Kier alpha value is -3.08. The van der Waals surface area contributed by atoms with Gasteiger partial charge in [-0.1, -0.05) is 48.0 Å². The highest BCUT2D eigenvalue weighted by molar-refractivity contribution is 5.48. The Morgan fingerprint density at radius 1 is 0.880 bits per heavy atom. The third-order valence-electron chi connectivity index (χ3n) is 3.91. The van der Waals surface area contributed by atoms with Gasteiger partial charge in [-0.25, -0.2) is 9.97 Å². The number of nitrogens with zero attached hydrogens (tertiary/aromatic N) is 2. The standard InChI is InChI=1S/C20H22N4O/c1-15-7-9-16(10-8-15)12-21-19-11-20(24-14-23-19)22-13-17-5-3-4-6-18(17)25-2/h3-11,14H,12-13H2,1-2H3,(H2,21,22,23,24). The minimum atomic E-state index is 0.637. The van der Waals surface area contributed by atoms with Crippen LogP contribution < -0.4 is 15.4 Å². The van der Waals surface area contributed by atoms with Crippen molar-refractivity contribution in [3.8, 4) is 5.75 Å². The van der Waals surface area contributed by atoms with E-state index < -0.39 is 0 Å². The second-order valence-electron chi connectivity index (χ2n) is 5.79. The van der Waals surface area contributed by atoms with Crippen LogP contribution in [0.3, 0.4) is 0 Å². The fourth-order valence-electron chi connectivity index (χ4n) is 2.48. The Balaban J connectivity index is 1.60. The summed E-state index contributed by atoms with van der Waals surface area (Å²) in [5.41, 5.74) is 3.55. The van der Waals surface area contributed by atoms with E-state index in [1.165, 1.54) is 11.1 Å². The molecule has 0 bridgehead atoms. The summed E-state index contributed by atoms with van der Waals surface area (Å²) in [6, 6.07) is 18.3. The van der Waals surface area contributed by atoms with E-state index in [4.69, 9.17) is 4.74 Å². The van der Waals surface area contributed by atoms with Crippen LogP contribution in [0.4, 0.5) is 11.6 Å². The van der Waals surface area contributed by atoms with Crippen molar-refractivity contribution in [1.82, 2.24) is 9.97 Å². The smallest absolute Gasteiger partial charge is 0.131 e. The van der Waals surface area contributed by atoms with Crippen LogP contribution in [0.25, 0.3) is 0 Å². The first kappa shape index (κ1) is 16.8. The number of rotatable bonds is 7. The molecule has 0 unspecified atom stereocenters. The summed E-state index contributed by atoms with van der Waals surface area (Å²) in [6.07, 6.45) is 1.56. The van der Waals surface area contributed by atoms with E-state index in [1.807, 2.05) is 30.3 Å². The highest BCUT2D eigenvalue weighted by Gasteiger charge is 2.03. The van der Waals surface area contributed by atoms with Crippen LogP contribution >= 0.6 is 0 Å². The van der Waals surface area contributed by atoms with Crippen molar-refractivity contribution in [1.29, 1.82) is 0 Å². The normalized spacial score (nSPS) is 10.3. The van der Waals surface area contributed by atoms with Crippen LogP contribution in [-0.4, -0.2) is 17.1 Å². The van der Waals surface area contributed by atoms with Gasteiger partial charge in [-0.3, -0.25) is 0 Å². The highest BCUT2D eigenvalue weighted by atomic mass is 16.5. The fraction of sp³-hybridized carbons (Fsp3) is 0.200. The number of benzene rings is 2. The molecular formula is C20H22N4O. The summed E-state index contributed by atoms with van der Waals surface area (Å²) in [6.45, 7) is 3.45. The number of aryl methyl sites for hydroxylation is 1. The van der Waals surface area contributed by atoms with Crippen LogP contribution in [-0.2, 0) is 13.1 Å². The maximum Gasteiger partial charge on any atom is 0.131 e. The summed E-state index contributed by atoms with van der Waals surface area (Å²) < 4.78 is 5.37. The molecule has 0 amide bonds. The molecule has 1 aromatic heterocycles. The molecule has 0 saturated heterocycles. The number of hydrogen-bond donors (Lipinski definition) is 2. The largest absolute Gasteiger partial charge is 0.496 e. The topological polar surface area (TPSA) is 59.1 Å². The first-order valence-electron chi connectivity index (χ1n) is 8.22. The number of nitrogens with one attached hydrogen (secondary N) is 2. The van der Waals surface area contributed by atoms with Gasteiger partial charge in [0.05, 0.1) is 7.11 Å². The van der Waals surface area contributed by atoms with Crippen molar-refractivity contribution in [3.63, 3.8) is 0 Å². The van der Waals surface area contributed by atoms with Gasteiger partial charge in [0, 0.05) is 24.7 Å². The molecule has 5 nitrogen and oxygen atoms in total. The lowest BCUT2D eigenvalue weighted by Gasteiger charge is -2.11. The van der Waals surface area contributed by atoms with Gasteiger partial charge >= 0.3 is 0 Å². The SMILES string of the molecule is COc1ccccc1CNc1cc(NCc2ccc(C)cc2)ncn1. The monoisotopic (exact) mass is 334 g/mol. The van der Waals surface area contributed by atoms with Gasteiger partial charge in [0.2, 0.25) is 0 Å². The van der Waals surface area contributed by atoms with Gasteiger partial charge in [-0.15, -0.1) is 0 Å². The second-order valence-corrected chi connectivity index (χ2v) is 5.79. The third-order valence-corrected chi connectivity index (χ3v) is 3.91. The molecule has 3 aromatic rings. The third kappa shape index (κ3) is 4.70. The van der Waals surface area contributed by atoms with Crippen molar-refractivity contribution in [2.75, 3.05) is 17.7 Å². The molecule has 0 radical (unpaired) electrons. The fourth-order valence-corrected chi connectivity index (χ4v) is 2.48. The average Bonchev–Trinajstić information content (AvgIpc) is 2.66. The van der Waals surface area contributed by atoms with E-state index in [0.29, 0.717) is 6.54 Å². The second kappa shape index (κ2) is 8.15.